The lowest BCUT2D eigenvalue weighted by molar-refractivity contribution is 0.482. The summed E-state index contributed by atoms with van der Waals surface area (Å²) in [5.41, 5.74) is 28.3. The second-order valence-corrected chi connectivity index (χ2v) is 40.9. The zero-order valence-corrected chi connectivity index (χ0v) is 68.4. The molecule has 0 amide bonds. The van der Waals surface area contributed by atoms with Gasteiger partial charge in [-0.3, -0.25) is 0 Å². The van der Waals surface area contributed by atoms with Gasteiger partial charge in [-0.15, -0.1) is 0 Å². The number of anilines is 9. The van der Waals surface area contributed by atoms with Crippen LogP contribution in [0.4, 0.5) is 51.2 Å². The average molecular weight is 1390 g/mol. The van der Waals surface area contributed by atoms with Crippen LogP contribution >= 0.6 is 11.8 Å². The van der Waals surface area contributed by atoms with E-state index in [1.807, 2.05) is 11.8 Å². The van der Waals surface area contributed by atoms with E-state index in [1.54, 1.807) is 0 Å². The Bertz CT molecular complexity index is 5020. The molecule has 0 atom stereocenters. The van der Waals surface area contributed by atoms with Crippen LogP contribution in [0.1, 0.15) is 237 Å². The monoisotopic (exact) mass is 1390 g/mol. The van der Waals surface area contributed by atoms with Gasteiger partial charge in [0.05, 0.1) is 0 Å². The molecule has 534 valence electrons. The van der Waals surface area contributed by atoms with E-state index >= 15 is 0 Å². The Kier molecular flexibility index (Phi) is 17.2. The molecular weight excluding hydrogens is 1280 g/mol. The summed E-state index contributed by atoms with van der Waals surface area (Å²) in [5, 5.41) is 0. The van der Waals surface area contributed by atoms with Gasteiger partial charge in [-0.25, -0.2) is 0 Å². The molecule has 0 spiro atoms. The molecule has 0 unspecified atom stereocenters. The van der Waals surface area contributed by atoms with E-state index in [0.29, 0.717) is 0 Å². The molecule has 0 radical (unpaired) electrons. The molecule has 5 nitrogen and oxygen atoms in total. The topological polar surface area (TPSA) is 28.2 Å². The maximum Gasteiger partial charge on any atom is 0.256 e. The normalized spacial score (nSPS) is 14.5. The van der Waals surface area contributed by atoms with Crippen molar-refractivity contribution in [3.05, 3.63) is 232 Å². The van der Waals surface area contributed by atoms with Gasteiger partial charge < -0.3 is 24.2 Å². The molecule has 4 aliphatic rings. The van der Waals surface area contributed by atoms with Crippen LogP contribution in [0.25, 0.3) is 0 Å². The summed E-state index contributed by atoms with van der Waals surface area (Å²) < 4.78 is 15.4. The Labute approximate surface area is 629 Å². The number of nitrogens with zero attached hydrogens (tertiary/aromatic N) is 3. The van der Waals surface area contributed by atoms with Gasteiger partial charge in [0.1, 0.15) is 23.0 Å². The van der Waals surface area contributed by atoms with Gasteiger partial charge in [-0.1, -0.05) is 278 Å². The summed E-state index contributed by atoms with van der Waals surface area (Å²) in [6.45, 7) is 62.8. The summed E-state index contributed by atoms with van der Waals surface area (Å²) in [6.07, 6.45) is 0. The molecule has 0 fully saturated rings. The molecule has 0 saturated heterocycles. The lowest BCUT2D eigenvalue weighted by Gasteiger charge is -2.47. The van der Waals surface area contributed by atoms with Crippen molar-refractivity contribution in [2.45, 2.75) is 245 Å². The van der Waals surface area contributed by atoms with Gasteiger partial charge in [-0.05, 0) is 217 Å². The van der Waals surface area contributed by atoms with Crippen LogP contribution in [0, 0.1) is 0 Å². The number of benzene rings is 10. The second kappa shape index (κ2) is 24.6. The third-order valence-corrected chi connectivity index (χ3v) is 23.3. The molecule has 104 heavy (non-hydrogen) atoms. The molecule has 10 aromatic rings. The van der Waals surface area contributed by atoms with Crippen LogP contribution < -0.4 is 57.0 Å². The minimum atomic E-state index is -0.286. The molecule has 4 aliphatic heterocycles. The first kappa shape index (κ1) is 72.6. The molecule has 0 N–H and O–H groups in total. The highest BCUT2D eigenvalue weighted by Crippen LogP contribution is 2.53. The maximum absolute atomic E-state index is 7.99. The van der Waals surface area contributed by atoms with E-state index in [-0.39, 0.29) is 62.2 Å². The number of ether oxygens (including phenoxy) is 2. The fraction of sp³-hybridized carbons (Fsp3) is 0.375. The van der Waals surface area contributed by atoms with E-state index in [0.717, 1.165) is 67.7 Å². The highest BCUT2D eigenvalue weighted by molar-refractivity contribution is 7.99. The minimum absolute atomic E-state index is 0.0219. The Morgan fingerprint density at radius 2 is 0.596 bits per heavy atom. The fourth-order valence-corrected chi connectivity index (χ4v) is 17.0. The molecular formula is C96H111B2N3O2S. The van der Waals surface area contributed by atoms with E-state index in [4.69, 9.17) is 9.47 Å². The molecule has 0 aromatic heterocycles. The van der Waals surface area contributed by atoms with Crippen LogP contribution in [0.5, 0.6) is 23.0 Å². The molecule has 10 aromatic carbocycles. The third kappa shape index (κ3) is 13.1. The van der Waals surface area contributed by atoms with Crippen LogP contribution in [0.15, 0.2) is 192 Å². The van der Waals surface area contributed by atoms with Crippen LogP contribution in [0.2, 0.25) is 0 Å². The van der Waals surface area contributed by atoms with E-state index in [2.05, 4.69) is 384 Å². The highest BCUT2D eigenvalue weighted by atomic mass is 32.2. The smallest absolute Gasteiger partial charge is 0.256 e. The summed E-state index contributed by atoms with van der Waals surface area (Å²) in [6, 6.07) is 71.1. The second-order valence-electron chi connectivity index (χ2n) is 39.7. The Morgan fingerprint density at radius 1 is 0.260 bits per heavy atom. The van der Waals surface area contributed by atoms with Crippen LogP contribution in [-0.2, 0) is 48.7 Å². The predicted molar refractivity (Wildman–Crippen MR) is 452 cm³/mol. The van der Waals surface area contributed by atoms with Gasteiger partial charge in [0, 0.05) is 79.2 Å². The molecule has 4 heterocycles. The van der Waals surface area contributed by atoms with Crippen molar-refractivity contribution < 1.29 is 9.47 Å². The van der Waals surface area contributed by atoms with E-state index in [9.17, 15) is 0 Å². The van der Waals surface area contributed by atoms with Crippen molar-refractivity contribution in [1.29, 1.82) is 0 Å². The first-order valence-electron chi connectivity index (χ1n) is 38.1. The fourth-order valence-electron chi connectivity index (χ4n) is 16.1. The third-order valence-electron chi connectivity index (χ3n) is 22.4. The molecule has 0 aliphatic carbocycles. The molecule has 0 bridgehead atoms. The Morgan fingerprint density at radius 3 is 0.971 bits per heavy atom. The van der Waals surface area contributed by atoms with Gasteiger partial charge in [0.25, 0.3) is 13.4 Å². The summed E-state index contributed by atoms with van der Waals surface area (Å²) >= 11 is 1.81. The number of hydrogen-bond acceptors (Lipinski definition) is 6. The van der Waals surface area contributed by atoms with Crippen LogP contribution in [0.3, 0.4) is 0 Å². The van der Waals surface area contributed by atoms with Gasteiger partial charge >= 0.3 is 0 Å². The van der Waals surface area contributed by atoms with Gasteiger partial charge in [0.15, 0.2) is 0 Å². The summed E-state index contributed by atoms with van der Waals surface area (Å²) in [7, 11) is 0. The van der Waals surface area contributed by atoms with Gasteiger partial charge in [-0.2, -0.15) is 0 Å². The number of hydrogen-bond donors (Lipinski definition) is 0. The average Bonchev–Trinajstić information content (AvgIpc) is 0.684. The van der Waals surface area contributed by atoms with Crippen molar-refractivity contribution >= 4 is 109 Å². The number of rotatable bonds is 7. The van der Waals surface area contributed by atoms with Crippen molar-refractivity contribution in [1.82, 2.24) is 0 Å². The lowest BCUT2D eigenvalue weighted by atomic mass is 9.29. The summed E-state index contributed by atoms with van der Waals surface area (Å²) in [4.78, 5) is 10.1. The quantitative estimate of drug-likeness (QED) is 0.148. The Hall–Kier alpha value is -8.32. The van der Waals surface area contributed by atoms with E-state index in [1.165, 1.54) is 99.1 Å². The standard InChI is InChI=1S/C96H111B2N3O2S/c1-88(2,3)58-28-38-65(39-29-58)99-76-57-82-75(98-85-73(96(25,26)27)49-64(94(19,20)21)51-78(85)101(67-42-32-60(33-43-67)90(7,8)9)81-54-71(55-83(103-82)87(81)98)104-70-46-36-62(37-47-70)92(13,14)15)56-74(76)97-84-72(95(22,23)24)48-63(93(16,17)18)50-77(84)100(66-40-30-59(31-41-66)89(4,5)6)80-53-69(52-79(99)86(80)97)102-68-44-34-61(35-45-68)91(10,11)12/h28-57H,1-27H3. The summed E-state index contributed by atoms with van der Waals surface area (Å²) in [5.74, 6) is 3.29. The van der Waals surface area contributed by atoms with Crippen molar-refractivity contribution in [2.75, 3.05) is 14.7 Å². The first-order chi connectivity index (χ1) is 48.2. The zero-order chi connectivity index (χ0) is 75.0. The number of fused-ring (bicyclic) bond motifs is 8. The predicted octanol–water partition coefficient (Wildman–Crippen LogP) is 23.8. The van der Waals surface area contributed by atoms with Crippen molar-refractivity contribution in [2.24, 2.45) is 0 Å². The van der Waals surface area contributed by atoms with E-state index < -0.39 is 0 Å². The molecule has 0 saturated carbocycles. The molecule has 8 heteroatoms. The lowest BCUT2D eigenvalue weighted by Crippen LogP contribution is -2.65. The maximum atomic E-state index is 7.99. The zero-order valence-electron chi connectivity index (χ0n) is 67.5. The van der Waals surface area contributed by atoms with Crippen molar-refractivity contribution in [3.63, 3.8) is 0 Å². The SMILES string of the molecule is CC(C)(C)c1ccc(Oc2cc3c4c(c2)N(c2ccc(C(C)(C)C)cc2)c2cc(C(C)(C)C)cc(C(C)(C)C)c2B4c2cc4c(cc2N3c2ccc(C(C)(C)C)cc2)Oc2cc(Sc3ccc(C(C)(C)C)cc3)cc3c2B4c2c(cc(C(C)(C)C)cc2C(C)(C)C)N3c2ccc(C(C)(C)C)cc2)cc1. The molecule has 14 rings (SSSR count). The van der Waals surface area contributed by atoms with Crippen molar-refractivity contribution in [3.8, 4) is 23.0 Å². The highest BCUT2D eigenvalue weighted by Gasteiger charge is 2.51. The van der Waals surface area contributed by atoms with Crippen LogP contribution in [-0.4, -0.2) is 13.4 Å². The van der Waals surface area contributed by atoms with Gasteiger partial charge in [0.2, 0.25) is 0 Å². The Balaban J connectivity index is 1.12. The minimum Gasteiger partial charge on any atom is -0.458 e. The first-order valence-corrected chi connectivity index (χ1v) is 38.9. The largest absolute Gasteiger partial charge is 0.458 e.